The van der Waals surface area contributed by atoms with Gasteiger partial charge in [-0.15, -0.1) is 0 Å². The molecule has 0 aromatic heterocycles. The van der Waals surface area contributed by atoms with Crippen LogP contribution in [-0.2, 0) is 4.74 Å². The van der Waals surface area contributed by atoms with Crippen molar-refractivity contribution in [1.82, 2.24) is 0 Å². The van der Waals surface area contributed by atoms with Gasteiger partial charge in [-0.2, -0.15) is 5.23 Å². The number of benzene rings is 1. The second-order valence-corrected chi connectivity index (χ2v) is 14.4. The van der Waals surface area contributed by atoms with Crippen molar-refractivity contribution >= 4 is 11.7 Å². The Morgan fingerprint density at radius 2 is 1.90 bits per heavy atom. The van der Waals surface area contributed by atoms with Crippen LogP contribution in [0, 0.1) is 51.5 Å². The minimum atomic E-state index is -1.03. The Balaban J connectivity index is 1.24. The molecule has 0 spiro atoms. The predicted octanol–water partition coefficient (Wildman–Crippen LogP) is 7.66. The average Bonchev–Trinajstić information content (AvgIpc) is 3.26. The minimum absolute atomic E-state index is 0.116. The molecule has 0 heterocycles. The maximum atomic E-state index is 12.9. The first-order chi connectivity index (χ1) is 18.5. The molecule has 1 unspecified atom stereocenters. The van der Waals surface area contributed by atoms with E-state index in [1.165, 1.54) is 69.1 Å². The number of ether oxygens (including phenoxy) is 1. The first-order valence-electron chi connectivity index (χ1n) is 15.8. The van der Waals surface area contributed by atoms with Crippen LogP contribution in [0.4, 0.5) is 5.69 Å². The molecular weight excluding hydrogens is 486 g/mol. The van der Waals surface area contributed by atoms with Crippen LogP contribution < -0.4 is 5.23 Å². The topological polar surface area (TPSA) is 74.0 Å². The summed E-state index contributed by atoms with van der Waals surface area (Å²) >= 11 is 0. The van der Waals surface area contributed by atoms with E-state index in [0.717, 1.165) is 54.8 Å². The molecule has 39 heavy (non-hydrogen) atoms. The zero-order chi connectivity index (χ0) is 27.9. The molecule has 0 radical (unpaired) electrons. The van der Waals surface area contributed by atoms with Crippen LogP contribution in [-0.4, -0.2) is 17.3 Å². The summed E-state index contributed by atoms with van der Waals surface area (Å²) in [7, 11) is 0. The molecule has 0 amide bonds. The molecule has 5 heteroatoms. The summed E-state index contributed by atoms with van der Waals surface area (Å²) in [6.45, 7) is 12.4. The number of hydrogen-bond acceptors (Lipinski definition) is 4. The van der Waals surface area contributed by atoms with E-state index >= 15 is 0 Å². The summed E-state index contributed by atoms with van der Waals surface area (Å²) in [5.74, 6) is 4.50. The number of fused-ring (bicyclic) bond motifs is 5. The first-order valence-corrected chi connectivity index (χ1v) is 15.8. The van der Waals surface area contributed by atoms with Gasteiger partial charge in [-0.25, -0.2) is 10.0 Å². The molecule has 0 aliphatic heterocycles. The van der Waals surface area contributed by atoms with Crippen molar-refractivity contribution < 1.29 is 20.0 Å². The van der Waals surface area contributed by atoms with Crippen LogP contribution in [0.15, 0.2) is 35.9 Å². The van der Waals surface area contributed by atoms with Gasteiger partial charge in [0.25, 0.3) is 0 Å². The van der Waals surface area contributed by atoms with Gasteiger partial charge in [0.15, 0.2) is 5.69 Å². The predicted molar refractivity (Wildman–Crippen MR) is 154 cm³/mol. The van der Waals surface area contributed by atoms with Gasteiger partial charge in [-0.1, -0.05) is 71.6 Å². The van der Waals surface area contributed by atoms with Crippen molar-refractivity contribution in [1.29, 1.82) is 0 Å². The number of allylic oxidation sites excluding steroid dienone is 1. The van der Waals surface area contributed by atoms with Crippen molar-refractivity contribution in [2.24, 2.45) is 46.3 Å². The van der Waals surface area contributed by atoms with Crippen LogP contribution in [0.2, 0.25) is 0 Å². The molecule has 1 aromatic rings. The van der Waals surface area contributed by atoms with Gasteiger partial charge in [0.05, 0.1) is 5.56 Å². The second kappa shape index (κ2) is 11.3. The Morgan fingerprint density at radius 1 is 1.10 bits per heavy atom. The standard InChI is InChI=1S/C34H51NO4/c1-22(2)8-6-9-23(3)29-14-15-30-28-13-12-25-21-27(16-18-33(25,4)31(28)17-19-34(29,30)5)39-32(36)24-10-7-11-26(20-24)35(37)38/h7,10-12,20,22-23,27-31,35,37H,6,8-9,13-19,21H2,1-5H3/t23-,27-,28-,29+,30-,31-,33-,34+/m0/s1. The number of rotatable bonds is 8. The molecule has 4 aliphatic rings. The smallest absolute Gasteiger partial charge is 0.338 e. The summed E-state index contributed by atoms with van der Waals surface area (Å²) in [4.78, 5) is 12.9. The third kappa shape index (κ3) is 5.48. The van der Waals surface area contributed by atoms with E-state index in [0.29, 0.717) is 11.0 Å². The quantitative estimate of drug-likeness (QED) is 0.203. The molecule has 1 aromatic carbocycles. The minimum Gasteiger partial charge on any atom is -0.595 e. The maximum Gasteiger partial charge on any atom is 0.338 e. The molecule has 3 saturated carbocycles. The molecule has 216 valence electrons. The summed E-state index contributed by atoms with van der Waals surface area (Å²) in [6, 6.07) is 6.18. The SMILES string of the molecule is CC(C)CCC[C@H](C)[C@H]1CC[C@H]2[C@@H]3CC=C4C[C@@H](OC(=O)c5cccc([NH+]([O-])O)c5)CC[C@]4(C)[C@H]3CC[C@]12C. The lowest BCUT2D eigenvalue weighted by Crippen LogP contribution is -2.99. The van der Waals surface area contributed by atoms with Crippen molar-refractivity contribution in [3.05, 3.63) is 46.7 Å². The van der Waals surface area contributed by atoms with Crippen LogP contribution in [0.1, 0.15) is 116 Å². The van der Waals surface area contributed by atoms with Gasteiger partial charge >= 0.3 is 5.97 Å². The van der Waals surface area contributed by atoms with E-state index in [9.17, 15) is 15.2 Å². The Labute approximate surface area is 235 Å². The normalized spacial score (nSPS) is 37.3. The lowest BCUT2D eigenvalue weighted by molar-refractivity contribution is -0.991. The fourth-order valence-electron chi connectivity index (χ4n) is 9.75. The Kier molecular flexibility index (Phi) is 8.35. The molecule has 5 rings (SSSR count). The Bertz CT molecular complexity index is 1070. The highest BCUT2D eigenvalue weighted by molar-refractivity contribution is 5.90. The largest absolute Gasteiger partial charge is 0.595 e. The average molecular weight is 538 g/mol. The van der Waals surface area contributed by atoms with E-state index in [1.807, 2.05) is 0 Å². The zero-order valence-electron chi connectivity index (χ0n) is 24.9. The van der Waals surface area contributed by atoms with Crippen LogP contribution in [0.25, 0.3) is 0 Å². The van der Waals surface area contributed by atoms with Gasteiger partial charge in [-0.3, -0.25) is 0 Å². The first kappa shape index (κ1) is 28.8. The third-order valence-electron chi connectivity index (χ3n) is 11.9. The third-order valence-corrected chi connectivity index (χ3v) is 11.9. The van der Waals surface area contributed by atoms with Crippen molar-refractivity contribution in [2.45, 2.75) is 111 Å². The van der Waals surface area contributed by atoms with Crippen LogP contribution in [0.3, 0.4) is 0 Å². The van der Waals surface area contributed by atoms with Gasteiger partial charge < -0.3 is 9.94 Å². The van der Waals surface area contributed by atoms with Gasteiger partial charge in [-0.05, 0) is 97.3 Å². The fraction of sp³-hybridized carbons (Fsp3) is 0.735. The van der Waals surface area contributed by atoms with Gasteiger partial charge in [0, 0.05) is 18.6 Å². The van der Waals surface area contributed by atoms with E-state index in [-0.39, 0.29) is 17.2 Å². The lowest BCUT2D eigenvalue weighted by atomic mass is 9.47. The number of carbonyl (C=O) groups excluding carboxylic acids is 1. The number of carbonyl (C=O) groups is 1. The molecule has 5 nitrogen and oxygen atoms in total. The number of hydrogen-bond donors (Lipinski definition) is 2. The highest BCUT2D eigenvalue weighted by Gasteiger charge is 2.59. The highest BCUT2D eigenvalue weighted by Crippen LogP contribution is 2.67. The molecule has 2 N–H and O–H groups in total. The van der Waals surface area contributed by atoms with Crippen LogP contribution >= 0.6 is 0 Å². The molecule has 0 bridgehead atoms. The summed E-state index contributed by atoms with van der Waals surface area (Å²) in [5, 5.41) is 19.6. The van der Waals surface area contributed by atoms with Crippen molar-refractivity contribution in [3.63, 3.8) is 0 Å². The molecule has 3 fully saturated rings. The number of esters is 1. The zero-order valence-corrected chi connectivity index (χ0v) is 24.9. The maximum absolute atomic E-state index is 12.9. The summed E-state index contributed by atoms with van der Waals surface area (Å²) in [6.07, 6.45) is 16.1. The number of nitrogens with one attached hydrogen (secondary N) is 1. The summed E-state index contributed by atoms with van der Waals surface area (Å²) in [5.41, 5.74) is 2.66. The summed E-state index contributed by atoms with van der Waals surface area (Å²) < 4.78 is 5.94. The molecule has 4 aliphatic carbocycles. The van der Waals surface area contributed by atoms with E-state index in [2.05, 4.69) is 40.7 Å². The van der Waals surface area contributed by atoms with Crippen molar-refractivity contribution in [2.75, 3.05) is 0 Å². The fourth-order valence-corrected chi connectivity index (χ4v) is 9.75. The van der Waals surface area contributed by atoms with E-state index in [4.69, 9.17) is 4.74 Å². The molecule has 0 saturated heterocycles. The van der Waals surface area contributed by atoms with E-state index in [1.54, 1.807) is 12.1 Å². The van der Waals surface area contributed by atoms with Gasteiger partial charge in [0.1, 0.15) is 6.10 Å². The second-order valence-electron chi connectivity index (χ2n) is 14.4. The van der Waals surface area contributed by atoms with Crippen LogP contribution in [0.5, 0.6) is 0 Å². The monoisotopic (exact) mass is 537 g/mol. The lowest BCUT2D eigenvalue weighted by Gasteiger charge is -2.58. The number of quaternary nitrogens is 1. The molecular formula is C34H51NO4. The Hall–Kier alpha value is -1.69. The Morgan fingerprint density at radius 3 is 2.64 bits per heavy atom. The van der Waals surface area contributed by atoms with E-state index < -0.39 is 11.2 Å². The van der Waals surface area contributed by atoms with Crippen molar-refractivity contribution in [3.8, 4) is 0 Å². The van der Waals surface area contributed by atoms with Gasteiger partial charge in [0.2, 0.25) is 0 Å². The highest BCUT2D eigenvalue weighted by atomic mass is 16.8. The molecule has 9 atom stereocenters.